The highest BCUT2D eigenvalue weighted by molar-refractivity contribution is 9.10. The summed E-state index contributed by atoms with van der Waals surface area (Å²) < 4.78 is 6.08. The molecule has 1 heterocycles. The van der Waals surface area contributed by atoms with E-state index in [1.165, 1.54) is 4.88 Å². The van der Waals surface area contributed by atoms with Crippen molar-refractivity contribution in [1.29, 1.82) is 0 Å². The first kappa shape index (κ1) is 14.7. The third-order valence-corrected chi connectivity index (χ3v) is 3.88. The van der Waals surface area contributed by atoms with E-state index in [9.17, 15) is 4.79 Å². The van der Waals surface area contributed by atoms with Gasteiger partial charge >= 0.3 is 5.97 Å². The van der Waals surface area contributed by atoms with Crippen LogP contribution in [-0.2, 0) is 16.1 Å². The lowest BCUT2D eigenvalue weighted by Crippen LogP contribution is -2.31. The molecule has 0 spiro atoms. The summed E-state index contributed by atoms with van der Waals surface area (Å²) in [4.78, 5) is 14.8. The van der Waals surface area contributed by atoms with Gasteiger partial charge in [0.05, 0.1) is 13.2 Å². The van der Waals surface area contributed by atoms with Gasteiger partial charge in [0.25, 0.3) is 0 Å². The topological polar surface area (TPSA) is 29.5 Å². The molecule has 17 heavy (non-hydrogen) atoms. The summed E-state index contributed by atoms with van der Waals surface area (Å²) in [7, 11) is 0. The van der Waals surface area contributed by atoms with Gasteiger partial charge in [-0.25, -0.2) is 0 Å². The third-order valence-electron chi connectivity index (χ3n) is 2.20. The van der Waals surface area contributed by atoms with Crippen LogP contribution in [0.5, 0.6) is 0 Å². The van der Waals surface area contributed by atoms with Crippen molar-refractivity contribution in [1.82, 2.24) is 4.90 Å². The molecule has 0 saturated heterocycles. The third kappa shape index (κ3) is 5.66. The fourth-order valence-corrected chi connectivity index (χ4v) is 3.07. The zero-order chi connectivity index (χ0) is 12.7. The number of carbonyl (C=O) groups is 1. The molecule has 0 atom stereocenters. The van der Waals surface area contributed by atoms with Crippen molar-refractivity contribution in [3.05, 3.63) is 20.8 Å². The summed E-state index contributed by atoms with van der Waals surface area (Å²) in [5, 5.41) is 2.06. The lowest BCUT2D eigenvalue weighted by molar-refractivity contribution is -0.144. The zero-order valence-corrected chi connectivity index (χ0v) is 12.6. The average molecular weight is 320 g/mol. The van der Waals surface area contributed by atoms with Gasteiger partial charge < -0.3 is 4.74 Å². The smallest absolute Gasteiger partial charge is 0.320 e. The van der Waals surface area contributed by atoms with E-state index >= 15 is 0 Å². The van der Waals surface area contributed by atoms with E-state index in [2.05, 4.69) is 39.2 Å². The molecule has 0 aliphatic heterocycles. The lowest BCUT2D eigenvalue weighted by Gasteiger charge is -2.19. The predicted octanol–water partition coefficient (Wildman–Crippen LogP) is 3.29. The highest BCUT2D eigenvalue weighted by Crippen LogP contribution is 2.21. The zero-order valence-electron chi connectivity index (χ0n) is 10.2. The second kappa shape index (κ2) is 7.84. The summed E-state index contributed by atoms with van der Waals surface area (Å²) in [5.41, 5.74) is 0. The van der Waals surface area contributed by atoms with Crippen LogP contribution < -0.4 is 0 Å². The van der Waals surface area contributed by atoms with E-state index in [4.69, 9.17) is 4.74 Å². The molecule has 0 amide bonds. The largest absolute Gasteiger partial charge is 0.465 e. The molecular weight excluding hydrogens is 302 g/mol. The van der Waals surface area contributed by atoms with Crippen molar-refractivity contribution in [2.24, 2.45) is 0 Å². The maximum Gasteiger partial charge on any atom is 0.320 e. The van der Waals surface area contributed by atoms with Crippen LogP contribution in [-0.4, -0.2) is 30.6 Å². The number of rotatable bonds is 7. The van der Waals surface area contributed by atoms with E-state index in [0.717, 1.165) is 24.0 Å². The number of esters is 1. The molecule has 0 radical (unpaired) electrons. The molecule has 0 aliphatic carbocycles. The van der Waals surface area contributed by atoms with Crippen LogP contribution in [0.25, 0.3) is 0 Å². The molecule has 0 bridgehead atoms. The summed E-state index contributed by atoms with van der Waals surface area (Å²) in [5.74, 6) is -0.142. The molecule has 0 N–H and O–H groups in total. The molecule has 0 aliphatic rings. The van der Waals surface area contributed by atoms with Crippen molar-refractivity contribution in [3.63, 3.8) is 0 Å². The van der Waals surface area contributed by atoms with Gasteiger partial charge in [-0.15, -0.1) is 11.3 Å². The summed E-state index contributed by atoms with van der Waals surface area (Å²) in [6.07, 6.45) is 1.03. The van der Waals surface area contributed by atoms with Crippen LogP contribution in [0.1, 0.15) is 25.1 Å². The van der Waals surface area contributed by atoms with E-state index in [1.54, 1.807) is 11.3 Å². The minimum Gasteiger partial charge on any atom is -0.465 e. The molecule has 0 fully saturated rings. The van der Waals surface area contributed by atoms with Gasteiger partial charge in [-0.05, 0) is 41.9 Å². The molecular formula is C12H18BrNO2S. The Bertz CT molecular complexity index is 354. The first-order valence-corrected chi connectivity index (χ1v) is 7.43. The van der Waals surface area contributed by atoms with Crippen LogP contribution in [0.15, 0.2) is 15.9 Å². The van der Waals surface area contributed by atoms with Crippen molar-refractivity contribution < 1.29 is 9.53 Å². The van der Waals surface area contributed by atoms with Gasteiger partial charge in [0.15, 0.2) is 0 Å². The Hall–Kier alpha value is -0.390. The minimum atomic E-state index is -0.142. The molecule has 0 saturated carbocycles. The van der Waals surface area contributed by atoms with Crippen LogP contribution in [0, 0.1) is 0 Å². The molecule has 1 rings (SSSR count). The fourth-order valence-electron chi connectivity index (χ4n) is 1.58. The Morgan fingerprint density at radius 1 is 1.53 bits per heavy atom. The van der Waals surface area contributed by atoms with Gasteiger partial charge in [-0.3, -0.25) is 9.69 Å². The van der Waals surface area contributed by atoms with E-state index in [0.29, 0.717) is 13.2 Å². The standard InChI is InChI=1S/C12H18BrNO2S/c1-3-5-14(8-12(15)16-4-2)7-11-6-10(13)9-17-11/h6,9H,3-5,7-8H2,1-2H3. The van der Waals surface area contributed by atoms with Crippen LogP contribution >= 0.6 is 27.3 Å². The Labute approximate surface area is 115 Å². The van der Waals surface area contributed by atoms with Crippen molar-refractivity contribution >= 4 is 33.2 Å². The predicted molar refractivity (Wildman–Crippen MR) is 74.2 cm³/mol. The van der Waals surface area contributed by atoms with Crippen molar-refractivity contribution in [2.75, 3.05) is 19.7 Å². The van der Waals surface area contributed by atoms with Crippen molar-refractivity contribution in [2.45, 2.75) is 26.8 Å². The van der Waals surface area contributed by atoms with Gasteiger partial charge in [-0.2, -0.15) is 0 Å². The average Bonchev–Trinajstić information content (AvgIpc) is 2.64. The molecule has 1 aromatic rings. The van der Waals surface area contributed by atoms with E-state index < -0.39 is 0 Å². The maximum absolute atomic E-state index is 11.5. The summed E-state index contributed by atoms with van der Waals surface area (Å²) >= 11 is 5.14. The molecule has 5 heteroatoms. The number of nitrogens with zero attached hydrogens (tertiary/aromatic N) is 1. The maximum atomic E-state index is 11.5. The molecule has 1 aromatic heterocycles. The normalized spacial score (nSPS) is 10.8. The summed E-state index contributed by atoms with van der Waals surface area (Å²) in [6, 6.07) is 2.10. The molecule has 0 aromatic carbocycles. The van der Waals surface area contributed by atoms with E-state index in [1.807, 2.05) is 6.92 Å². The minimum absolute atomic E-state index is 0.142. The van der Waals surface area contributed by atoms with Crippen LogP contribution in [0.2, 0.25) is 0 Å². The lowest BCUT2D eigenvalue weighted by atomic mass is 10.3. The first-order valence-electron chi connectivity index (χ1n) is 5.76. The fraction of sp³-hybridized carbons (Fsp3) is 0.583. The Morgan fingerprint density at radius 2 is 2.29 bits per heavy atom. The van der Waals surface area contributed by atoms with Gasteiger partial charge in [0.2, 0.25) is 0 Å². The van der Waals surface area contributed by atoms with Crippen LogP contribution in [0.3, 0.4) is 0 Å². The summed E-state index contributed by atoms with van der Waals surface area (Å²) in [6.45, 7) is 6.48. The van der Waals surface area contributed by atoms with Gasteiger partial charge in [0.1, 0.15) is 0 Å². The Kier molecular flexibility index (Phi) is 6.77. The first-order chi connectivity index (χ1) is 8.15. The highest BCUT2D eigenvalue weighted by Gasteiger charge is 2.12. The quantitative estimate of drug-likeness (QED) is 0.722. The number of halogens is 1. The van der Waals surface area contributed by atoms with Crippen molar-refractivity contribution in [3.8, 4) is 0 Å². The van der Waals surface area contributed by atoms with Gasteiger partial charge in [-0.1, -0.05) is 6.92 Å². The van der Waals surface area contributed by atoms with Gasteiger partial charge in [0, 0.05) is 21.3 Å². The Balaban J connectivity index is 2.50. The number of carbonyl (C=O) groups excluding carboxylic acids is 1. The SMILES string of the molecule is CCCN(CC(=O)OCC)Cc1cc(Br)cs1. The monoisotopic (exact) mass is 319 g/mol. The molecule has 3 nitrogen and oxygen atoms in total. The Morgan fingerprint density at radius 3 is 2.82 bits per heavy atom. The number of ether oxygens (including phenoxy) is 1. The second-order valence-corrected chi connectivity index (χ2v) is 5.66. The molecule has 0 unspecified atom stereocenters. The molecule has 96 valence electrons. The number of thiophene rings is 1. The van der Waals surface area contributed by atoms with Crippen LogP contribution in [0.4, 0.5) is 0 Å². The highest BCUT2D eigenvalue weighted by atomic mass is 79.9. The number of hydrogen-bond donors (Lipinski definition) is 0. The number of hydrogen-bond acceptors (Lipinski definition) is 4. The second-order valence-electron chi connectivity index (χ2n) is 3.75. The van der Waals surface area contributed by atoms with E-state index in [-0.39, 0.29) is 5.97 Å².